The third kappa shape index (κ3) is 2.61. The molecule has 5 rings (SSSR count). The van der Waals surface area contributed by atoms with Gasteiger partial charge in [-0.15, -0.1) is 0 Å². The van der Waals surface area contributed by atoms with E-state index in [0.29, 0.717) is 23.6 Å². The highest BCUT2D eigenvalue weighted by Gasteiger charge is 2.23. The zero-order chi connectivity index (χ0) is 18.4. The lowest BCUT2D eigenvalue weighted by Crippen LogP contribution is -2.05. The summed E-state index contributed by atoms with van der Waals surface area (Å²) in [6.45, 7) is 2.50. The van der Waals surface area contributed by atoms with Gasteiger partial charge < -0.3 is 0 Å². The molecule has 0 atom stereocenters. The molecule has 0 unspecified atom stereocenters. The highest BCUT2D eigenvalue weighted by molar-refractivity contribution is 5.69. The number of rotatable bonds is 0. The number of benzene rings is 2. The minimum absolute atomic E-state index is 0.314. The number of hydrogen-bond acceptors (Lipinski definition) is 3. The monoisotopic (exact) mass is 355 g/mol. The number of fused-ring (bicyclic) bond motifs is 5. The summed E-state index contributed by atoms with van der Waals surface area (Å²) < 4.78 is 17.5. The molecule has 27 heavy (non-hydrogen) atoms. The molecule has 0 N–H and O–H groups in total. The van der Waals surface area contributed by atoms with E-state index in [-0.39, 0.29) is 5.82 Å². The molecule has 0 saturated carbocycles. The van der Waals surface area contributed by atoms with Crippen molar-refractivity contribution >= 4 is 0 Å². The van der Waals surface area contributed by atoms with E-state index in [1.165, 1.54) is 18.5 Å². The number of imidazole rings is 1. The Kier molecular flexibility index (Phi) is 3.41. The summed E-state index contributed by atoms with van der Waals surface area (Å²) in [5, 5.41) is 4.29. The molecular formula is C21H14FN5. The third-order valence-electron chi connectivity index (χ3n) is 4.58. The zero-order valence-electron chi connectivity index (χ0n) is 14.5. The lowest BCUT2D eigenvalue weighted by atomic mass is 10.1. The molecule has 3 heterocycles. The van der Waals surface area contributed by atoms with Crippen LogP contribution in [0.15, 0.2) is 55.1 Å². The second-order valence-electron chi connectivity index (χ2n) is 6.43. The van der Waals surface area contributed by atoms with Gasteiger partial charge in [0.05, 0.1) is 17.9 Å². The van der Waals surface area contributed by atoms with E-state index in [0.717, 1.165) is 22.5 Å². The molecular weight excluding hydrogens is 341 g/mol. The van der Waals surface area contributed by atoms with Crippen LogP contribution in [0.1, 0.15) is 22.5 Å². The van der Waals surface area contributed by atoms with Gasteiger partial charge in [-0.25, -0.2) is 19.0 Å². The Morgan fingerprint density at radius 1 is 1.07 bits per heavy atom. The van der Waals surface area contributed by atoms with Crippen molar-refractivity contribution in [3.8, 4) is 28.9 Å². The van der Waals surface area contributed by atoms with E-state index in [4.69, 9.17) is 0 Å². The van der Waals surface area contributed by atoms with Gasteiger partial charge in [0.1, 0.15) is 24.2 Å². The average molecular weight is 355 g/mol. The van der Waals surface area contributed by atoms with Crippen LogP contribution in [-0.2, 0) is 6.54 Å². The first-order valence-electron chi connectivity index (χ1n) is 8.52. The van der Waals surface area contributed by atoms with Crippen LogP contribution < -0.4 is 0 Å². The first kappa shape index (κ1) is 15.5. The first-order valence-corrected chi connectivity index (χ1v) is 8.52. The van der Waals surface area contributed by atoms with Crippen LogP contribution in [0.4, 0.5) is 4.39 Å². The van der Waals surface area contributed by atoms with Crippen LogP contribution in [0.2, 0.25) is 0 Å². The third-order valence-corrected chi connectivity index (χ3v) is 4.58. The zero-order valence-corrected chi connectivity index (χ0v) is 14.5. The summed E-state index contributed by atoms with van der Waals surface area (Å²) in [6.07, 6.45) is 3.20. The Morgan fingerprint density at radius 3 is 2.89 bits per heavy atom. The van der Waals surface area contributed by atoms with Crippen molar-refractivity contribution in [2.45, 2.75) is 13.5 Å². The minimum Gasteiger partial charge on any atom is -0.299 e. The van der Waals surface area contributed by atoms with Crippen molar-refractivity contribution in [1.29, 1.82) is 0 Å². The summed E-state index contributed by atoms with van der Waals surface area (Å²) >= 11 is 0. The molecule has 6 heteroatoms. The highest BCUT2D eigenvalue weighted by atomic mass is 19.1. The first-order chi connectivity index (χ1) is 13.2. The maximum absolute atomic E-state index is 13.8. The van der Waals surface area contributed by atoms with Crippen molar-refractivity contribution in [2.75, 3.05) is 0 Å². The van der Waals surface area contributed by atoms with Crippen molar-refractivity contribution in [1.82, 2.24) is 24.3 Å². The summed E-state index contributed by atoms with van der Waals surface area (Å²) in [4.78, 5) is 8.80. The Hall–Kier alpha value is -3.72. The largest absolute Gasteiger partial charge is 0.299 e. The van der Waals surface area contributed by atoms with Crippen LogP contribution in [-0.4, -0.2) is 24.3 Å². The van der Waals surface area contributed by atoms with Gasteiger partial charge in [-0.3, -0.25) is 4.57 Å². The number of halogens is 1. The maximum atomic E-state index is 13.8. The standard InChI is InChI=1S/C21H14FN5/c1-14-3-2-4-15(9-14)5-7-18-20-11-27-21(23-12-25-27)17-10-16(22)6-8-19(17)26(20)13-24-18/h2-4,6,8-10,12-13H,11H2,1H3. The lowest BCUT2D eigenvalue weighted by molar-refractivity contribution is 0.627. The number of nitrogens with zero attached hydrogens (tertiary/aromatic N) is 5. The molecule has 4 aromatic rings. The predicted molar refractivity (Wildman–Crippen MR) is 98.8 cm³/mol. The van der Waals surface area contributed by atoms with Crippen molar-refractivity contribution in [2.24, 2.45) is 0 Å². The van der Waals surface area contributed by atoms with Gasteiger partial charge >= 0.3 is 0 Å². The molecule has 1 aliphatic heterocycles. The van der Waals surface area contributed by atoms with E-state index in [1.807, 2.05) is 35.8 Å². The normalized spacial score (nSPS) is 11.6. The molecule has 2 aromatic carbocycles. The molecule has 0 saturated heterocycles. The van der Waals surface area contributed by atoms with Gasteiger partial charge in [0, 0.05) is 11.1 Å². The fourth-order valence-corrected chi connectivity index (χ4v) is 3.32. The van der Waals surface area contributed by atoms with Crippen LogP contribution in [0, 0.1) is 24.6 Å². The van der Waals surface area contributed by atoms with Crippen LogP contribution >= 0.6 is 0 Å². The van der Waals surface area contributed by atoms with Gasteiger partial charge in [0.25, 0.3) is 0 Å². The van der Waals surface area contributed by atoms with Gasteiger partial charge in [-0.2, -0.15) is 5.10 Å². The number of aryl methyl sites for hydroxylation is 1. The van der Waals surface area contributed by atoms with Crippen molar-refractivity contribution < 1.29 is 4.39 Å². The summed E-state index contributed by atoms with van der Waals surface area (Å²) in [6, 6.07) is 12.7. The van der Waals surface area contributed by atoms with E-state index >= 15 is 0 Å². The smallest absolute Gasteiger partial charge is 0.160 e. The molecule has 0 bridgehead atoms. The summed E-state index contributed by atoms with van der Waals surface area (Å²) in [5.41, 5.74) is 5.17. The minimum atomic E-state index is -0.314. The van der Waals surface area contributed by atoms with Gasteiger partial charge in [-0.05, 0) is 48.7 Å². The Bertz CT molecular complexity index is 1240. The van der Waals surface area contributed by atoms with Crippen molar-refractivity contribution in [3.63, 3.8) is 0 Å². The fraction of sp³-hybridized carbons (Fsp3) is 0.0952. The summed E-state index contributed by atoms with van der Waals surface area (Å²) in [7, 11) is 0. The van der Waals surface area contributed by atoms with E-state index in [2.05, 4.69) is 26.9 Å². The predicted octanol–water partition coefficient (Wildman–Crippen LogP) is 3.34. The van der Waals surface area contributed by atoms with Crippen LogP contribution in [0.3, 0.4) is 0 Å². The molecule has 130 valence electrons. The second-order valence-corrected chi connectivity index (χ2v) is 6.43. The summed E-state index contributed by atoms with van der Waals surface area (Å²) in [5.74, 6) is 6.67. The molecule has 0 radical (unpaired) electrons. The highest BCUT2D eigenvalue weighted by Crippen LogP contribution is 2.31. The van der Waals surface area contributed by atoms with Crippen LogP contribution in [0.25, 0.3) is 17.1 Å². The van der Waals surface area contributed by atoms with Gasteiger partial charge in [-0.1, -0.05) is 18.1 Å². The van der Waals surface area contributed by atoms with Gasteiger partial charge in [0.15, 0.2) is 5.82 Å². The SMILES string of the molecule is Cc1cccc(C#Cc2ncn3c2Cn2ncnc2-c2cc(F)ccc2-3)c1. The maximum Gasteiger partial charge on any atom is 0.160 e. The molecule has 5 nitrogen and oxygen atoms in total. The number of hydrogen-bond donors (Lipinski definition) is 0. The van der Waals surface area contributed by atoms with Crippen LogP contribution in [0.5, 0.6) is 0 Å². The number of aromatic nitrogens is 5. The molecule has 0 spiro atoms. The average Bonchev–Trinajstić information content (AvgIpc) is 3.25. The quantitative estimate of drug-likeness (QED) is 0.400. The van der Waals surface area contributed by atoms with Crippen molar-refractivity contribution in [3.05, 3.63) is 83.5 Å². The topological polar surface area (TPSA) is 48.5 Å². The van der Waals surface area contributed by atoms with E-state index in [1.54, 1.807) is 17.1 Å². The second kappa shape index (κ2) is 5.92. The molecule has 0 aliphatic carbocycles. The van der Waals surface area contributed by atoms with E-state index < -0.39 is 0 Å². The molecule has 0 fully saturated rings. The Balaban J connectivity index is 1.67. The molecule has 0 amide bonds. The molecule has 2 aromatic heterocycles. The molecule has 1 aliphatic rings. The lowest BCUT2D eigenvalue weighted by Gasteiger charge is -2.07. The Morgan fingerprint density at radius 2 is 2.00 bits per heavy atom. The Labute approximate surface area is 155 Å². The van der Waals surface area contributed by atoms with E-state index in [9.17, 15) is 4.39 Å². The fourth-order valence-electron chi connectivity index (χ4n) is 3.32. The van der Waals surface area contributed by atoms with Gasteiger partial charge in [0.2, 0.25) is 0 Å².